The van der Waals surface area contributed by atoms with Crippen LogP contribution in [0.25, 0.3) is 0 Å². The van der Waals surface area contributed by atoms with Crippen molar-refractivity contribution in [3.05, 3.63) is 92.2 Å². The normalized spacial score (nSPS) is 22.9. The minimum atomic E-state index is -1.00. The zero-order valence-electron chi connectivity index (χ0n) is 34.2. The van der Waals surface area contributed by atoms with Crippen LogP contribution in [0, 0.1) is 0 Å². The summed E-state index contributed by atoms with van der Waals surface area (Å²) in [6, 6.07) is 15.0. The van der Waals surface area contributed by atoms with Gasteiger partial charge in [0.2, 0.25) is 5.91 Å². The number of fused-ring (bicyclic) bond motifs is 2. The molecule has 2 aromatic rings. The Kier molecular flexibility index (Phi) is 15.1. The van der Waals surface area contributed by atoms with E-state index in [1.807, 2.05) is 17.0 Å². The molecule has 6 rings (SSSR count). The maximum Gasteiger partial charge on any atom is 0.336 e. The molecule has 1 amide bonds. The van der Waals surface area contributed by atoms with Crippen molar-refractivity contribution in [2.75, 3.05) is 80.2 Å². The highest BCUT2D eigenvalue weighted by Gasteiger charge is 2.43. The molecule has 0 aliphatic carbocycles. The third kappa shape index (κ3) is 9.89. The average Bonchev–Trinajstić information content (AvgIpc) is 3.40. The molecule has 3 fully saturated rings. The Bertz CT molecular complexity index is 1770. The third-order valence-corrected chi connectivity index (χ3v) is 13.3. The number of ether oxygens (including phenoxy) is 3. The number of hydrogen-bond donors (Lipinski definition) is 0. The molecular weight excluding hydrogens is 765 g/mol. The highest BCUT2D eigenvalue weighted by Crippen LogP contribution is 2.46. The zero-order chi connectivity index (χ0) is 40.6. The number of methoxy groups -OCH3 is 2. The summed E-state index contributed by atoms with van der Waals surface area (Å²) in [6.07, 6.45) is 7.43. The van der Waals surface area contributed by atoms with E-state index < -0.39 is 17.9 Å². The van der Waals surface area contributed by atoms with Crippen molar-refractivity contribution in [1.82, 2.24) is 24.5 Å². The lowest BCUT2D eigenvalue weighted by Crippen LogP contribution is -2.56. The molecule has 11 nitrogen and oxygen atoms in total. The molecule has 3 atom stereocenters. The molecule has 2 bridgehead atoms. The molecule has 4 aliphatic rings. The van der Waals surface area contributed by atoms with Gasteiger partial charge in [-0.2, -0.15) is 0 Å². The van der Waals surface area contributed by atoms with Crippen LogP contribution in [0.15, 0.2) is 65.5 Å². The second-order valence-electron chi connectivity index (χ2n) is 15.6. The number of rotatable bonds is 16. The smallest absolute Gasteiger partial charge is 0.336 e. The first-order valence-electron chi connectivity index (χ1n) is 20.5. The number of hydrogen-bond acceptors (Lipinski definition) is 10. The summed E-state index contributed by atoms with van der Waals surface area (Å²) in [6.45, 7) is 10.9. The highest BCUT2D eigenvalue weighted by atomic mass is 35.5. The third-order valence-electron chi connectivity index (χ3n) is 12.7. The fourth-order valence-corrected chi connectivity index (χ4v) is 9.93. The van der Waals surface area contributed by atoms with Gasteiger partial charge in [0.1, 0.15) is 6.54 Å². The second kappa shape index (κ2) is 20.0. The van der Waals surface area contributed by atoms with Crippen LogP contribution < -0.4 is 0 Å². The monoisotopic (exact) mass is 823 g/mol. The summed E-state index contributed by atoms with van der Waals surface area (Å²) in [7, 11) is 4.86. The molecule has 3 saturated heterocycles. The molecule has 57 heavy (non-hydrogen) atoms. The molecular formula is C44H59Cl2N5O6. The Morgan fingerprint density at radius 2 is 1.44 bits per heavy atom. The number of benzene rings is 2. The average molecular weight is 825 g/mol. The fourth-order valence-electron chi connectivity index (χ4n) is 9.31. The molecule has 0 radical (unpaired) electrons. The number of piperidine rings is 1. The van der Waals surface area contributed by atoms with Gasteiger partial charge in [-0.3, -0.25) is 9.69 Å². The van der Waals surface area contributed by atoms with Crippen molar-refractivity contribution in [3.8, 4) is 0 Å². The molecule has 2 aromatic carbocycles. The quantitative estimate of drug-likeness (QED) is 0.145. The summed E-state index contributed by atoms with van der Waals surface area (Å²) >= 11 is 13.6. The predicted octanol–water partition coefficient (Wildman–Crippen LogP) is 6.14. The van der Waals surface area contributed by atoms with Crippen molar-refractivity contribution in [2.45, 2.75) is 83.0 Å². The number of amides is 1. The van der Waals surface area contributed by atoms with Crippen molar-refractivity contribution in [3.63, 3.8) is 0 Å². The maximum absolute atomic E-state index is 14.3. The molecule has 4 heterocycles. The van der Waals surface area contributed by atoms with E-state index in [4.69, 9.17) is 37.4 Å². The van der Waals surface area contributed by atoms with Crippen LogP contribution in [0.1, 0.15) is 68.6 Å². The van der Waals surface area contributed by atoms with Gasteiger partial charge in [-0.05, 0) is 81.9 Å². The number of nitrogens with zero attached hydrogens (tertiary/aromatic N) is 5. The van der Waals surface area contributed by atoms with Crippen molar-refractivity contribution >= 4 is 41.0 Å². The van der Waals surface area contributed by atoms with E-state index >= 15 is 0 Å². The Balaban J connectivity index is 1.28. The van der Waals surface area contributed by atoms with Gasteiger partial charge in [0.25, 0.3) is 0 Å². The number of likely N-dealkylation sites (N-methyl/N-ethyl adjacent to an activating group) is 1. The molecule has 4 aliphatic heterocycles. The molecule has 0 spiro atoms. The van der Waals surface area contributed by atoms with Gasteiger partial charge in [-0.25, -0.2) is 9.59 Å². The summed E-state index contributed by atoms with van der Waals surface area (Å²) < 4.78 is 16.9. The van der Waals surface area contributed by atoms with Gasteiger partial charge in [-0.1, -0.05) is 67.4 Å². The molecule has 0 saturated carbocycles. The van der Waals surface area contributed by atoms with Gasteiger partial charge < -0.3 is 33.8 Å². The van der Waals surface area contributed by atoms with Gasteiger partial charge in [-0.15, -0.1) is 0 Å². The fraction of sp³-hybridized carbons (Fsp3) is 0.568. The minimum absolute atomic E-state index is 0.0756. The molecule has 3 unspecified atom stereocenters. The van der Waals surface area contributed by atoms with Gasteiger partial charge in [0.05, 0.1) is 44.5 Å². The van der Waals surface area contributed by atoms with E-state index in [0.717, 1.165) is 43.9 Å². The lowest BCUT2D eigenvalue weighted by atomic mass is 9.80. The number of carbonyl (C=O) groups is 3. The van der Waals surface area contributed by atoms with Crippen molar-refractivity contribution < 1.29 is 28.6 Å². The number of esters is 2. The van der Waals surface area contributed by atoms with Crippen molar-refractivity contribution in [2.24, 2.45) is 0 Å². The maximum atomic E-state index is 14.3. The van der Waals surface area contributed by atoms with Crippen LogP contribution in [-0.4, -0.2) is 141 Å². The minimum Gasteiger partial charge on any atom is -0.466 e. The standard InChI is InChI=1S/C44H59Cl2N5O6/c1-6-48(7-2)23-24-57-29-31-12-9-8-11-30(31)15-18-38-42(44(54)56-5)40(41-36(45)13-10-14-37(41)46)35(43(53)55-4)27-51(38)28-39(52)50-21-19-49(20-22-50)34-25-32-16-17-33(26-34)47(32)3/h8-14,27,32-34,40H,6-7,15-26,28-29H2,1-5H3. The molecule has 310 valence electrons. The Hall–Kier alpha value is -3.45. The summed E-state index contributed by atoms with van der Waals surface area (Å²) in [5.74, 6) is -2.40. The molecule has 0 aromatic heterocycles. The Morgan fingerprint density at radius 3 is 2.05 bits per heavy atom. The predicted molar refractivity (Wildman–Crippen MR) is 223 cm³/mol. The lowest BCUT2D eigenvalue weighted by molar-refractivity contribution is -0.138. The van der Waals surface area contributed by atoms with Crippen LogP contribution in [-0.2, 0) is 41.6 Å². The van der Waals surface area contributed by atoms with Crippen LogP contribution in [0.4, 0.5) is 0 Å². The first-order chi connectivity index (χ1) is 27.6. The second-order valence-corrected chi connectivity index (χ2v) is 16.4. The van der Waals surface area contributed by atoms with Crippen LogP contribution in [0.2, 0.25) is 10.0 Å². The van der Waals surface area contributed by atoms with E-state index in [0.29, 0.717) is 68.5 Å². The van der Waals surface area contributed by atoms with Crippen LogP contribution >= 0.6 is 23.2 Å². The number of piperazine rings is 1. The summed E-state index contributed by atoms with van der Waals surface area (Å²) in [4.78, 5) is 53.1. The SMILES string of the molecule is CCN(CC)CCOCc1ccccc1CCC1=C(C(=O)OC)C(c2c(Cl)cccc2Cl)C(C(=O)OC)=CN1CC(=O)N1CCN(C2CC3CCC(C2)N3C)CC1. The van der Waals surface area contributed by atoms with E-state index in [2.05, 4.69) is 47.7 Å². The van der Waals surface area contributed by atoms with E-state index in [1.165, 1.54) is 39.9 Å². The number of halogens is 2. The van der Waals surface area contributed by atoms with Crippen LogP contribution in [0.5, 0.6) is 0 Å². The Morgan fingerprint density at radius 1 is 0.807 bits per heavy atom. The summed E-state index contributed by atoms with van der Waals surface area (Å²) in [5.41, 5.74) is 3.37. The number of aryl methyl sites for hydroxylation is 1. The first-order valence-corrected chi connectivity index (χ1v) is 21.3. The highest BCUT2D eigenvalue weighted by molar-refractivity contribution is 6.36. The van der Waals surface area contributed by atoms with E-state index in [1.54, 1.807) is 29.3 Å². The topological polar surface area (TPSA) is 95.1 Å². The zero-order valence-corrected chi connectivity index (χ0v) is 35.7. The van der Waals surface area contributed by atoms with Gasteiger partial charge >= 0.3 is 11.9 Å². The van der Waals surface area contributed by atoms with Crippen molar-refractivity contribution in [1.29, 1.82) is 0 Å². The lowest BCUT2D eigenvalue weighted by Gasteiger charge is -2.45. The van der Waals surface area contributed by atoms with Gasteiger partial charge in [0, 0.05) is 78.4 Å². The molecule has 13 heteroatoms. The largest absolute Gasteiger partial charge is 0.466 e. The number of allylic oxidation sites excluding steroid dienone is 1. The van der Waals surface area contributed by atoms with Gasteiger partial charge in [0.15, 0.2) is 0 Å². The first kappa shape index (κ1) is 43.1. The van der Waals surface area contributed by atoms with Crippen LogP contribution in [0.3, 0.4) is 0 Å². The van der Waals surface area contributed by atoms with E-state index in [-0.39, 0.29) is 33.6 Å². The Labute approximate surface area is 348 Å². The number of carbonyl (C=O) groups excluding carboxylic acids is 3. The molecule has 0 N–H and O–H groups in total. The summed E-state index contributed by atoms with van der Waals surface area (Å²) in [5, 5.41) is 0.575. The van der Waals surface area contributed by atoms with E-state index in [9.17, 15) is 14.4 Å².